The van der Waals surface area contributed by atoms with Crippen molar-refractivity contribution in [3.63, 3.8) is 0 Å². The number of nitrogens with zero attached hydrogens (tertiary/aromatic N) is 3. The zero-order valence-corrected chi connectivity index (χ0v) is 19.7. The van der Waals surface area contributed by atoms with E-state index in [1.165, 1.54) is 13.3 Å². The number of nitrogens with one attached hydrogen (secondary N) is 1. The van der Waals surface area contributed by atoms with E-state index in [1.54, 1.807) is 0 Å². The van der Waals surface area contributed by atoms with E-state index in [9.17, 15) is 9.50 Å². The molecule has 4 N–H and O–H groups in total. The van der Waals surface area contributed by atoms with E-state index in [1.807, 2.05) is 19.1 Å². The van der Waals surface area contributed by atoms with Gasteiger partial charge in [0.05, 0.1) is 24.5 Å². The third-order valence-electron chi connectivity index (χ3n) is 6.06. The largest absolute Gasteiger partial charge is 0.377 e. The Bertz CT molecular complexity index is 656. The van der Waals surface area contributed by atoms with Crippen molar-refractivity contribution in [3.05, 3.63) is 35.7 Å². The van der Waals surface area contributed by atoms with E-state index >= 15 is 0 Å². The minimum Gasteiger partial charge on any atom is -0.377 e. The Balaban J connectivity index is 1.75. The number of nitrogens with two attached hydrogens (primary N) is 1. The lowest BCUT2D eigenvalue weighted by atomic mass is 9.96. The molecule has 5 atom stereocenters. The maximum atomic E-state index is 13.7. The molecule has 1 aliphatic carbocycles. The second-order valence-electron chi connectivity index (χ2n) is 9.27. The Morgan fingerprint density at radius 2 is 2.10 bits per heavy atom. The van der Waals surface area contributed by atoms with Crippen molar-refractivity contribution in [2.24, 2.45) is 22.0 Å². The molecule has 0 amide bonds. The molecule has 0 bridgehead atoms. The van der Waals surface area contributed by atoms with Gasteiger partial charge in [-0.15, -0.1) is 0 Å². The fourth-order valence-electron chi connectivity index (χ4n) is 3.95. The summed E-state index contributed by atoms with van der Waals surface area (Å²) in [5, 5.41) is 24.6. The fourth-order valence-corrected chi connectivity index (χ4v) is 3.95. The molecule has 31 heavy (non-hydrogen) atoms. The zero-order valence-electron chi connectivity index (χ0n) is 19.7. The van der Waals surface area contributed by atoms with Gasteiger partial charge in [0.2, 0.25) is 0 Å². The van der Waals surface area contributed by atoms with Gasteiger partial charge in [0.25, 0.3) is 0 Å². The predicted octanol–water partition coefficient (Wildman–Crippen LogP) is 4.79. The number of aliphatic hydroxyl groups is 1. The van der Waals surface area contributed by atoms with Crippen LogP contribution in [0, 0.1) is 5.92 Å². The highest BCUT2D eigenvalue weighted by Gasteiger charge is 2.28. The first kappa shape index (κ1) is 25.7. The molecular weight excluding hydrogens is 393 g/mol. The Morgan fingerprint density at radius 3 is 2.71 bits per heavy atom. The maximum Gasteiger partial charge on any atom is 0.120 e. The quantitative estimate of drug-likeness (QED) is 0.234. The third-order valence-corrected chi connectivity index (χ3v) is 6.06. The van der Waals surface area contributed by atoms with Crippen molar-refractivity contribution in [2.75, 3.05) is 6.54 Å². The molecule has 0 saturated heterocycles. The van der Waals surface area contributed by atoms with Crippen LogP contribution >= 0.6 is 0 Å². The number of hydrogen-bond donors (Lipinski definition) is 3. The summed E-state index contributed by atoms with van der Waals surface area (Å²) in [4.78, 5) is 0. The average molecular weight is 436 g/mol. The van der Waals surface area contributed by atoms with Crippen molar-refractivity contribution in [1.82, 2.24) is 10.3 Å². The number of rotatable bonds is 12. The molecule has 176 valence electrons. The highest BCUT2D eigenvalue weighted by atomic mass is 19.1. The van der Waals surface area contributed by atoms with Crippen LogP contribution in [0.15, 0.2) is 46.0 Å². The molecule has 0 aromatic rings. The minimum absolute atomic E-state index is 0.0755. The zero-order chi connectivity index (χ0) is 22.8. The number of hydrogen-bond acceptors (Lipinski definition) is 6. The van der Waals surface area contributed by atoms with E-state index in [0.717, 1.165) is 32.2 Å². The predicted molar refractivity (Wildman–Crippen MR) is 125 cm³/mol. The summed E-state index contributed by atoms with van der Waals surface area (Å²) < 4.78 is 13.7. The van der Waals surface area contributed by atoms with Crippen molar-refractivity contribution >= 4 is 0 Å². The molecule has 0 spiro atoms. The van der Waals surface area contributed by atoms with Gasteiger partial charge >= 0.3 is 0 Å². The van der Waals surface area contributed by atoms with E-state index in [0.29, 0.717) is 30.4 Å². The van der Waals surface area contributed by atoms with Gasteiger partial charge in [-0.05, 0) is 63.4 Å². The van der Waals surface area contributed by atoms with Crippen LogP contribution in [0.4, 0.5) is 4.39 Å². The number of halogens is 1. The lowest BCUT2D eigenvalue weighted by Gasteiger charge is -2.31. The van der Waals surface area contributed by atoms with Crippen LogP contribution in [0.2, 0.25) is 0 Å². The van der Waals surface area contributed by atoms with Gasteiger partial charge in [-0.1, -0.05) is 50.3 Å². The van der Waals surface area contributed by atoms with E-state index in [-0.39, 0.29) is 17.9 Å². The van der Waals surface area contributed by atoms with Gasteiger partial charge < -0.3 is 10.8 Å². The average Bonchev–Trinajstić information content (AvgIpc) is 3.21. The van der Waals surface area contributed by atoms with E-state index in [4.69, 9.17) is 5.73 Å². The normalized spacial score (nSPS) is 26.7. The van der Waals surface area contributed by atoms with Gasteiger partial charge in [-0.2, -0.15) is 5.11 Å². The van der Waals surface area contributed by atoms with Crippen LogP contribution < -0.4 is 11.1 Å². The van der Waals surface area contributed by atoms with E-state index in [2.05, 4.69) is 46.7 Å². The molecule has 0 fully saturated rings. The second kappa shape index (κ2) is 13.1. The van der Waals surface area contributed by atoms with Crippen molar-refractivity contribution in [2.45, 2.75) is 103 Å². The Morgan fingerprint density at radius 1 is 1.32 bits per heavy atom. The molecule has 0 aromatic heterocycles. The summed E-state index contributed by atoms with van der Waals surface area (Å²) in [6, 6.07) is 0.198. The topological polar surface area (TPSA) is 86.2 Å². The lowest BCUT2D eigenvalue weighted by Crippen LogP contribution is -2.49. The first-order valence-corrected chi connectivity index (χ1v) is 11.9. The molecule has 2 rings (SSSR count). The highest BCUT2D eigenvalue weighted by molar-refractivity contribution is 5.21. The van der Waals surface area contributed by atoms with Gasteiger partial charge in [0.1, 0.15) is 6.23 Å². The molecule has 4 unspecified atom stereocenters. The summed E-state index contributed by atoms with van der Waals surface area (Å²) in [6.45, 7) is 8.85. The molecular formula is C24H42FN5O. The lowest BCUT2D eigenvalue weighted by molar-refractivity contribution is 0.0937. The molecule has 6 nitrogen and oxygen atoms in total. The van der Waals surface area contributed by atoms with Crippen LogP contribution in [-0.2, 0) is 0 Å². The van der Waals surface area contributed by atoms with Gasteiger partial charge in [-0.3, -0.25) is 10.3 Å². The molecule has 1 heterocycles. The molecule has 7 heteroatoms. The van der Waals surface area contributed by atoms with Crippen LogP contribution in [0.25, 0.3) is 0 Å². The third kappa shape index (κ3) is 8.83. The maximum absolute atomic E-state index is 13.7. The Kier molecular flexibility index (Phi) is 10.8. The molecule has 0 saturated carbocycles. The molecule has 0 aromatic carbocycles. The highest BCUT2D eigenvalue weighted by Crippen LogP contribution is 2.24. The second-order valence-corrected chi connectivity index (χ2v) is 9.27. The minimum atomic E-state index is -0.825. The molecule has 0 radical (unpaired) electrons. The van der Waals surface area contributed by atoms with Gasteiger partial charge in [-0.25, -0.2) is 4.39 Å². The summed E-state index contributed by atoms with van der Waals surface area (Å²) in [5.41, 5.74) is 6.81. The first-order chi connectivity index (χ1) is 14.8. The van der Waals surface area contributed by atoms with Crippen LogP contribution in [0.1, 0.15) is 72.6 Å². The van der Waals surface area contributed by atoms with Gasteiger partial charge in [0.15, 0.2) is 0 Å². The van der Waals surface area contributed by atoms with Crippen LogP contribution in [0.5, 0.6) is 0 Å². The molecule has 2 aliphatic rings. The SMILES string of the molecule is CC/C=C\C(CCC(N)[C@@H](O)NC1C=CC(N2CC(CCC(C)C)N=N2)CC1)=C(/C)F. The summed E-state index contributed by atoms with van der Waals surface area (Å²) in [7, 11) is 0. The van der Waals surface area contributed by atoms with Crippen molar-refractivity contribution < 1.29 is 9.50 Å². The standard InChI is InChI=1S/C24H42FN5O/c1-5-6-7-19(18(4)25)9-15-23(26)24(31)27-20-11-13-22(14-12-20)30-16-21(28-29-30)10-8-17(2)3/h6-7,11,13,17,20-24,27,31H,5,8-10,12,14-16,26H2,1-4H3/b7-6-,19-18-/t20?,21?,22?,23?,24-/m1/s1. The van der Waals surface area contributed by atoms with E-state index < -0.39 is 12.3 Å². The Labute approximate surface area is 187 Å². The van der Waals surface area contributed by atoms with Crippen LogP contribution in [0.3, 0.4) is 0 Å². The molecule has 1 aliphatic heterocycles. The Hall–Kier alpha value is -1.57. The smallest absolute Gasteiger partial charge is 0.120 e. The van der Waals surface area contributed by atoms with Crippen molar-refractivity contribution in [3.8, 4) is 0 Å². The summed E-state index contributed by atoms with van der Waals surface area (Å²) in [5.74, 6) is 0.506. The monoisotopic (exact) mass is 435 g/mol. The fraction of sp³-hybridized carbons (Fsp3) is 0.750. The first-order valence-electron chi connectivity index (χ1n) is 11.9. The van der Waals surface area contributed by atoms with Crippen molar-refractivity contribution in [1.29, 1.82) is 0 Å². The number of aliphatic hydroxyl groups excluding tert-OH is 1. The summed E-state index contributed by atoms with van der Waals surface area (Å²) >= 11 is 0. The van der Waals surface area contributed by atoms with Gasteiger partial charge in [0, 0.05) is 12.1 Å². The summed E-state index contributed by atoms with van der Waals surface area (Å²) in [6.07, 6.45) is 13.2. The number of allylic oxidation sites excluding steroid dienone is 4. The van der Waals surface area contributed by atoms with Crippen LogP contribution in [-0.4, -0.2) is 47.1 Å².